The lowest BCUT2D eigenvalue weighted by molar-refractivity contribution is -0.141. The van der Waals surface area contributed by atoms with Gasteiger partial charge in [0.05, 0.1) is 22.6 Å². The van der Waals surface area contributed by atoms with E-state index < -0.39 is 29.7 Å². The van der Waals surface area contributed by atoms with Gasteiger partial charge in [-0.25, -0.2) is 4.79 Å². The normalized spacial score (nSPS) is 11.1. The average molecular weight is 415 g/mol. The van der Waals surface area contributed by atoms with Gasteiger partial charge in [-0.15, -0.1) is 11.3 Å². The molecule has 0 aliphatic heterocycles. The van der Waals surface area contributed by atoms with E-state index in [-0.39, 0.29) is 27.6 Å². The third kappa shape index (κ3) is 4.47. The second kappa shape index (κ2) is 8.38. The molecule has 0 saturated carbocycles. The molecule has 2 N–H and O–H groups in total. The third-order valence-corrected chi connectivity index (χ3v) is 4.81. The summed E-state index contributed by atoms with van der Waals surface area (Å²) in [6.45, 7) is 3.22. The predicted octanol–water partition coefficient (Wildman–Crippen LogP) is 3.26. The van der Waals surface area contributed by atoms with Gasteiger partial charge in [0.1, 0.15) is 10.7 Å². The number of ether oxygens (including phenoxy) is 1. The molecule has 0 aliphatic carbocycles. The van der Waals surface area contributed by atoms with Crippen molar-refractivity contribution in [1.29, 1.82) is 0 Å². The minimum absolute atomic E-state index is 0.0127. The largest absolute Gasteiger partial charge is 0.462 e. The van der Waals surface area contributed by atoms with E-state index in [9.17, 15) is 27.6 Å². The first-order chi connectivity index (χ1) is 13.1. The molecule has 0 spiro atoms. The fourth-order valence-corrected chi connectivity index (χ4v) is 3.39. The number of halogens is 3. The first-order valence-electron chi connectivity index (χ1n) is 7.97. The van der Waals surface area contributed by atoms with Crippen molar-refractivity contribution in [3.8, 4) is 0 Å². The predicted molar refractivity (Wildman–Crippen MR) is 95.6 cm³/mol. The maximum absolute atomic E-state index is 12.6. The van der Waals surface area contributed by atoms with Crippen LogP contribution in [0.5, 0.6) is 0 Å². The summed E-state index contributed by atoms with van der Waals surface area (Å²) in [6.07, 6.45) is -3.85. The Morgan fingerprint density at radius 2 is 1.89 bits per heavy atom. The van der Waals surface area contributed by atoms with E-state index in [1.807, 2.05) is 0 Å². The SMILES string of the molecule is CCOC(=O)c1c(NC(=O)c2ccc(C(F)(F)F)nc2)sc(C(=O)NC)c1C. The van der Waals surface area contributed by atoms with Crippen LogP contribution in [0.1, 0.15) is 48.6 Å². The van der Waals surface area contributed by atoms with Crippen LogP contribution in [0, 0.1) is 6.92 Å². The highest BCUT2D eigenvalue weighted by Gasteiger charge is 2.32. The van der Waals surface area contributed by atoms with E-state index in [2.05, 4.69) is 15.6 Å². The number of esters is 1. The second-order valence-electron chi connectivity index (χ2n) is 5.44. The molecule has 2 amide bonds. The number of carbonyl (C=O) groups excluding carboxylic acids is 3. The molecule has 0 unspecified atom stereocenters. The molecule has 0 aliphatic rings. The monoisotopic (exact) mass is 415 g/mol. The Morgan fingerprint density at radius 1 is 1.21 bits per heavy atom. The molecule has 2 heterocycles. The van der Waals surface area contributed by atoms with Crippen molar-refractivity contribution in [3.63, 3.8) is 0 Å². The van der Waals surface area contributed by atoms with Gasteiger partial charge in [-0.2, -0.15) is 13.2 Å². The number of aromatic nitrogens is 1. The summed E-state index contributed by atoms with van der Waals surface area (Å²) in [5.41, 5.74) is -0.942. The fourth-order valence-electron chi connectivity index (χ4n) is 2.25. The van der Waals surface area contributed by atoms with Crippen LogP contribution < -0.4 is 10.6 Å². The van der Waals surface area contributed by atoms with Gasteiger partial charge in [-0.1, -0.05) is 0 Å². The van der Waals surface area contributed by atoms with Crippen molar-refractivity contribution in [2.24, 2.45) is 0 Å². The highest BCUT2D eigenvalue weighted by molar-refractivity contribution is 7.18. The third-order valence-electron chi connectivity index (χ3n) is 3.60. The maximum Gasteiger partial charge on any atom is 0.433 e. The summed E-state index contributed by atoms with van der Waals surface area (Å²) in [5.74, 6) is -1.96. The number of thiophene rings is 1. The Morgan fingerprint density at radius 3 is 2.39 bits per heavy atom. The number of anilines is 1. The van der Waals surface area contributed by atoms with Crippen molar-refractivity contribution in [3.05, 3.63) is 45.6 Å². The van der Waals surface area contributed by atoms with E-state index in [0.717, 1.165) is 23.6 Å². The lowest BCUT2D eigenvalue weighted by Crippen LogP contribution is -2.18. The molecule has 0 aromatic carbocycles. The molecule has 0 fully saturated rings. The van der Waals surface area contributed by atoms with Crippen molar-refractivity contribution >= 4 is 34.1 Å². The highest BCUT2D eigenvalue weighted by atomic mass is 32.1. The van der Waals surface area contributed by atoms with E-state index >= 15 is 0 Å². The number of pyridine rings is 1. The molecule has 28 heavy (non-hydrogen) atoms. The van der Waals surface area contributed by atoms with Gasteiger partial charge >= 0.3 is 12.1 Å². The number of carbonyl (C=O) groups is 3. The Labute approximate surface area is 161 Å². The molecular formula is C17H16F3N3O4S. The van der Waals surface area contributed by atoms with Crippen molar-refractivity contribution in [2.45, 2.75) is 20.0 Å². The van der Waals surface area contributed by atoms with Gasteiger partial charge in [-0.3, -0.25) is 14.6 Å². The topological polar surface area (TPSA) is 97.4 Å². The van der Waals surface area contributed by atoms with Crippen LogP contribution in [0.4, 0.5) is 18.2 Å². The summed E-state index contributed by atoms with van der Waals surface area (Å²) in [6, 6.07) is 1.64. The summed E-state index contributed by atoms with van der Waals surface area (Å²) < 4.78 is 42.7. The number of amides is 2. The fraction of sp³-hybridized carbons (Fsp3) is 0.294. The van der Waals surface area contributed by atoms with Crippen molar-refractivity contribution < 1.29 is 32.3 Å². The first kappa shape index (κ1) is 21.4. The van der Waals surface area contributed by atoms with Gasteiger partial charge in [0.15, 0.2) is 0 Å². The number of alkyl halides is 3. The Kier molecular flexibility index (Phi) is 6.39. The number of hydrogen-bond acceptors (Lipinski definition) is 6. The number of rotatable bonds is 5. The van der Waals surface area contributed by atoms with Crippen LogP contribution in [-0.4, -0.2) is 36.4 Å². The van der Waals surface area contributed by atoms with Crippen LogP contribution in [0.15, 0.2) is 18.3 Å². The van der Waals surface area contributed by atoms with Crippen LogP contribution >= 0.6 is 11.3 Å². The molecule has 2 rings (SSSR count). The molecule has 7 nitrogen and oxygen atoms in total. The summed E-state index contributed by atoms with van der Waals surface area (Å²) in [7, 11) is 1.41. The van der Waals surface area contributed by atoms with Gasteiger partial charge in [-0.05, 0) is 31.5 Å². The van der Waals surface area contributed by atoms with E-state index in [1.165, 1.54) is 14.0 Å². The van der Waals surface area contributed by atoms with Crippen LogP contribution in [-0.2, 0) is 10.9 Å². The van der Waals surface area contributed by atoms with Crippen molar-refractivity contribution in [1.82, 2.24) is 10.3 Å². The molecule has 0 atom stereocenters. The zero-order valence-electron chi connectivity index (χ0n) is 15.1. The summed E-state index contributed by atoms with van der Waals surface area (Å²) in [5, 5.41) is 4.93. The van der Waals surface area contributed by atoms with Crippen LogP contribution in [0.25, 0.3) is 0 Å². The van der Waals surface area contributed by atoms with E-state index in [4.69, 9.17) is 4.74 Å². The summed E-state index contributed by atoms with van der Waals surface area (Å²) in [4.78, 5) is 40.0. The Hall–Kier alpha value is -2.95. The molecule has 2 aromatic heterocycles. The lowest BCUT2D eigenvalue weighted by Gasteiger charge is -2.08. The molecule has 11 heteroatoms. The zero-order chi connectivity index (χ0) is 21.1. The Bertz CT molecular complexity index is 908. The molecule has 0 saturated heterocycles. The smallest absolute Gasteiger partial charge is 0.433 e. The molecule has 0 bridgehead atoms. The highest BCUT2D eigenvalue weighted by Crippen LogP contribution is 2.34. The van der Waals surface area contributed by atoms with E-state index in [0.29, 0.717) is 11.6 Å². The minimum Gasteiger partial charge on any atom is -0.462 e. The lowest BCUT2D eigenvalue weighted by atomic mass is 10.1. The van der Waals surface area contributed by atoms with Crippen molar-refractivity contribution in [2.75, 3.05) is 19.0 Å². The average Bonchev–Trinajstić information content (AvgIpc) is 2.96. The van der Waals surface area contributed by atoms with Gasteiger partial charge < -0.3 is 15.4 Å². The number of nitrogens with zero attached hydrogens (tertiary/aromatic N) is 1. The van der Waals surface area contributed by atoms with Crippen LogP contribution in [0.2, 0.25) is 0 Å². The summed E-state index contributed by atoms with van der Waals surface area (Å²) >= 11 is 0.858. The Balaban J connectivity index is 2.37. The first-order valence-corrected chi connectivity index (χ1v) is 8.79. The minimum atomic E-state index is -4.63. The maximum atomic E-state index is 12.6. The molecule has 0 radical (unpaired) electrons. The second-order valence-corrected chi connectivity index (χ2v) is 6.46. The number of nitrogens with one attached hydrogen (secondary N) is 2. The quantitative estimate of drug-likeness (QED) is 0.731. The molecular weight excluding hydrogens is 399 g/mol. The van der Waals surface area contributed by atoms with Gasteiger partial charge in [0.2, 0.25) is 0 Å². The molecule has 2 aromatic rings. The van der Waals surface area contributed by atoms with Gasteiger partial charge in [0, 0.05) is 13.2 Å². The standard InChI is InChI=1S/C17H16F3N3O4S/c1-4-27-16(26)11-8(2)12(14(25)21-3)28-15(11)23-13(24)9-5-6-10(22-7-9)17(18,19)20/h5-7H,4H2,1-3H3,(H,21,25)(H,23,24). The molecule has 150 valence electrons. The van der Waals surface area contributed by atoms with E-state index in [1.54, 1.807) is 6.92 Å². The van der Waals surface area contributed by atoms with Crippen LogP contribution in [0.3, 0.4) is 0 Å². The van der Waals surface area contributed by atoms with Gasteiger partial charge in [0.25, 0.3) is 11.8 Å². The number of hydrogen-bond donors (Lipinski definition) is 2. The zero-order valence-corrected chi connectivity index (χ0v) is 15.9.